The van der Waals surface area contributed by atoms with E-state index in [0.29, 0.717) is 12.1 Å². The number of phenolic OH excluding ortho intramolecular Hbond substituents is 1. The molecule has 0 bridgehead atoms. The first-order valence-electron chi connectivity index (χ1n) is 7.76. The Morgan fingerprint density at radius 2 is 1.92 bits per heavy atom. The number of phenols is 1. The topological polar surface area (TPSA) is 68.1 Å². The van der Waals surface area contributed by atoms with Crippen molar-refractivity contribution in [2.45, 2.75) is 20.0 Å². The van der Waals surface area contributed by atoms with E-state index >= 15 is 0 Å². The maximum atomic E-state index is 12.9. The SMILES string of the molecule is COC(=O)C(Cc1cccc(O)c1)C(C)=NOCc1ccc(F)cc1. The minimum Gasteiger partial charge on any atom is -0.508 e. The van der Waals surface area contributed by atoms with Crippen LogP contribution in [0.4, 0.5) is 4.39 Å². The summed E-state index contributed by atoms with van der Waals surface area (Å²) in [6.07, 6.45) is 0.330. The minimum absolute atomic E-state index is 0.128. The van der Waals surface area contributed by atoms with Gasteiger partial charge in [0.15, 0.2) is 0 Å². The van der Waals surface area contributed by atoms with Gasteiger partial charge < -0.3 is 14.7 Å². The number of nitrogens with zero attached hydrogens (tertiary/aromatic N) is 1. The molecule has 0 aliphatic carbocycles. The maximum absolute atomic E-state index is 12.9. The van der Waals surface area contributed by atoms with Crippen molar-refractivity contribution in [1.82, 2.24) is 0 Å². The molecule has 0 aliphatic heterocycles. The highest BCUT2D eigenvalue weighted by molar-refractivity contribution is 6.00. The van der Waals surface area contributed by atoms with E-state index in [1.165, 1.54) is 19.2 Å². The molecule has 2 aromatic rings. The highest BCUT2D eigenvalue weighted by Gasteiger charge is 2.23. The van der Waals surface area contributed by atoms with Crippen molar-refractivity contribution in [2.75, 3.05) is 7.11 Å². The molecule has 2 aromatic carbocycles. The molecular formula is C19H20FNO4. The predicted octanol–water partition coefficient (Wildman–Crippen LogP) is 3.46. The van der Waals surface area contributed by atoms with Crippen molar-refractivity contribution < 1.29 is 23.9 Å². The summed E-state index contributed by atoms with van der Waals surface area (Å²) in [7, 11) is 1.31. The number of ether oxygens (including phenoxy) is 1. The molecule has 2 rings (SSSR count). The molecule has 1 unspecified atom stereocenters. The lowest BCUT2D eigenvalue weighted by atomic mass is 9.95. The zero-order valence-electron chi connectivity index (χ0n) is 14.1. The molecule has 0 spiro atoms. The molecule has 0 heterocycles. The van der Waals surface area contributed by atoms with E-state index in [2.05, 4.69) is 5.16 Å². The number of hydrogen-bond donors (Lipinski definition) is 1. The predicted molar refractivity (Wildman–Crippen MR) is 91.6 cm³/mol. The fraction of sp³-hybridized carbons (Fsp3) is 0.263. The van der Waals surface area contributed by atoms with Crippen LogP contribution in [0.5, 0.6) is 5.75 Å². The number of carbonyl (C=O) groups excluding carboxylic acids is 1. The van der Waals surface area contributed by atoms with Gasteiger partial charge in [0, 0.05) is 0 Å². The van der Waals surface area contributed by atoms with Gasteiger partial charge in [-0.15, -0.1) is 0 Å². The normalized spacial score (nSPS) is 12.5. The lowest BCUT2D eigenvalue weighted by Gasteiger charge is -2.14. The Hall–Kier alpha value is -2.89. The fourth-order valence-electron chi connectivity index (χ4n) is 2.32. The summed E-state index contributed by atoms with van der Waals surface area (Å²) >= 11 is 0. The molecule has 0 saturated heterocycles. The molecule has 1 atom stereocenters. The number of rotatable bonds is 7. The smallest absolute Gasteiger partial charge is 0.314 e. The summed E-state index contributed by atoms with van der Waals surface area (Å²) < 4.78 is 17.7. The average Bonchev–Trinajstić information content (AvgIpc) is 2.60. The highest BCUT2D eigenvalue weighted by atomic mass is 19.1. The Morgan fingerprint density at radius 3 is 2.56 bits per heavy atom. The van der Waals surface area contributed by atoms with Gasteiger partial charge in [-0.3, -0.25) is 4.79 Å². The van der Waals surface area contributed by atoms with Crippen LogP contribution in [0.1, 0.15) is 18.1 Å². The van der Waals surface area contributed by atoms with Crippen molar-refractivity contribution in [2.24, 2.45) is 11.1 Å². The number of esters is 1. The Balaban J connectivity index is 2.05. The van der Waals surface area contributed by atoms with Crippen LogP contribution in [0.3, 0.4) is 0 Å². The van der Waals surface area contributed by atoms with Gasteiger partial charge in [0.1, 0.15) is 24.1 Å². The summed E-state index contributed by atoms with van der Waals surface area (Å²) in [6, 6.07) is 12.5. The van der Waals surface area contributed by atoms with Gasteiger partial charge in [-0.1, -0.05) is 29.4 Å². The Labute approximate surface area is 145 Å². The van der Waals surface area contributed by atoms with Crippen LogP contribution in [-0.4, -0.2) is 23.9 Å². The van der Waals surface area contributed by atoms with Crippen molar-refractivity contribution in [3.63, 3.8) is 0 Å². The summed E-state index contributed by atoms with van der Waals surface area (Å²) in [6.45, 7) is 1.84. The Morgan fingerprint density at radius 1 is 1.20 bits per heavy atom. The lowest BCUT2D eigenvalue weighted by Crippen LogP contribution is -2.26. The minimum atomic E-state index is -0.625. The van der Waals surface area contributed by atoms with Crippen molar-refractivity contribution in [3.05, 3.63) is 65.5 Å². The molecule has 0 amide bonds. The second-order valence-corrected chi connectivity index (χ2v) is 5.58. The zero-order valence-corrected chi connectivity index (χ0v) is 14.1. The molecule has 25 heavy (non-hydrogen) atoms. The number of hydrogen-bond acceptors (Lipinski definition) is 5. The van der Waals surface area contributed by atoms with Gasteiger partial charge in [0.2, 0.25) is 0 Å². The monoisotopic (exact) mass is 345 g/mol. The van der Waals surface area contributed by atoms with E-state index in [4.69, 9.17) is 9.57 Å². The molecule has 0 radical (unpaired) electrons. The average molecular weight is 345 g/mol. The fourth-order valence-corrected chi connectivity index (χ4v) is 2.32. The third-order valence-electron chi connectivity index (χ3n) is 3.69. The van der Waals surface area contributed by atoms with E-state index in [-0.39, 0.29) is 18.2 Å². The van der Waals surface area contributed by atoms with Gasteiger partial charge in [-0.25, -0.2) is 4.39 Å². The van der Waals surface area contributed by atoms with Gasteiger partial charge >= 0.3 is 5.97 Å². The molecule has 132 valence electrons. The second-order valence-electron chi connectivity index (χ2n) is 5.58. The van der Waals surface area contributed by atoms with Gasteiger partial charge in [-0.05, 0) is 48.7 Å². The van der Waals surface area contributed by atoms with Gasteiger partial charge in [-0.2, -0.15) is 0 Å². The van der Waals surface area contributed by atoms with Crippen LogP contribution in [0.25, 0.3) is 0 Å². The first-order chi connectivity index (χ1) is 12.0. The number of benzene rings is 2. The molecule has 0 aromatic heterocycles. The standard InChI is InChI=1S/C19H20FNO4/c1-13(21-25-12-14-6-8-16(20)9-7-14)18(19(23)24-2)11-15-4-3-5-17(22)10-15/h3-10,18,22H,11-12H2,1-2H3. The van der Waals surface area contributed by atoms with E-state index in [9.17, 15) is 14.3 Å². The van der Waals surface area contributed by atoms with E-state index < -0.39 is 11.9 Å². The second kappa shape index (κ2) is 8.82. The zero-order chi connectivity index (χ0) is 18.2. The van der Waals surface area contributed by atoms with Crippen LogP contribution < -0.4 is 0 Å². The summed E-state index contributed by atoms with van der Waals surface area (Å²) in [5.41, 5.74) is 2.00. The molecule has 6 heteroatoms. The maximum Gasteiger partial charge on any atom is 0.314 e. The van der Waals surface area contributed by atoms with Crippen LogP contribution in [0.15, 0.2) is 53.7 Å². The largest absolute Gasteiger partial charge is 0.508 e. The number of aromatic hydroxyl groups is 1. The van der Waals surface area contributed by atoms with Crippen molar-refractivity contribution in [3.8, 4) is 5.75 Å². The molecule has 5 nitrogen and oxygen atoms in total. The third kappa shape index (κ3) is 5.60. The summed E-state index contributed by atoms with van der Waals surface area (Å²) in [5.74, 6) is -1.25. The summed E-state index contributed by atoms with van der Waals surface area (Å²) in [4.78, 5) is 17.3. The molecule has 0 saturated carbocycles. The van der Waals surface area contributed by atoms with E-state index in [0.717, 1.165) is 11.1 Å². The number of methoxy groups -OCH3 is 1. The summed E-state index contributed by atoms with van der Waals surface area (Å²) in [5, 5.41) is 13.5. The van der Waals surface area contributed by atoms with Gasteiger partial charge in [0.05, 0.1) is 12.8 Å². The Kier molecular flexibility index (Phi) is 6.51. The van der Waals surface area contributed by atoms with Crippen LogP contribution in [0, 0.1) is 11.7 Å². The third-order valence-corrected chi connectivity index (χ3v) is 3.69. The van der Waals surface area contributed by atoms with Gasteiger partial charge in [0.25, 0.3) is 0 Å². The Bertz CT molecular complexity index is 743. The first-order valence-corrected chi connectivity index (χ1v) is 7.76. The molecule has 1 N–H and O–H groups in total. The highest BCUT2D eigenvalue weighted by Crippen LogP contribution is 2.17. The number of carbonyl (C=O) groups is 1. The van der Waals surface area contributed by atoms with Crippen LogP contribution in [0.2, 0.25) is 0 Å². The van der Waals surface area contributed by atoms with Crippen molar-refractivity contribution in [1.29, 1.82) is 0 Å². The van der Waals surface area contributed by atoms with Crippen LogP contribution in [-0.2, 0) is 27.4 Å². The molecule has 0 fully saturated rings. The lowest BCUT2D eigenvalue weighted by molar-refractivity contribution is -0.143. The molecular weight excluding hydrogens is 325 g/mol. The molecule has 0 aliphatic rings. The van der Waals surface area contributed by atoms with Crippen molar-refractivity contribution >= 4 is 11.7 Å². The quantitative estimate of drug-likeness (QED) is 0.474. The number of oxime groups is 1. The van der Waals surface area contributed by atoms with E-state index in [1.807, 2.05) is 6.07 Å². The van der Waals surface area contributed by atoms with E-state index in [1.54, 1.807) is 37.3 Å². The number of halogens is 1. The van der Waals surface area contributed by atoms with Crippen LogP contribution >= 0.6 is 0 Å². The first kappa shape index (κ1) is 18.4.